The van der Waals surface area contributed by atoms with Crippen molar-refractivity contribution in [3.05, 3.63) is 23.9 Å². The highest BCUT2D eigenvalue weighted by atomic mass is 16.3. The van der Waals surface area contributed by atoms with E-state index in [-0.39, 0.29) is 5.91 Å². The third kappa shape index (κ3) is 3.48. The summed E-state index contributed by atoms with van der Waals surface area (Å²) in [5.41, 5.74) is -0.309. The molecule has 0 unspecified atom stereocenters. The zero-order valence-electron chi connectivity index (χ0n) is 12.2. The number of likely N-dealkylation sites (N-methyl/N-ethyl adjacent to an activating group) is 1. The molecule has 0 aliphatic heterocycles. The van der Waals surface area contributed by atoms with E-state index >= 15 is 0 Å². The smallest absolute Gasteiger partial charge is 0.272 e. The summed E-state index contributed by atoms with van der Waals surface area (Å²) in [4.78, 5) is 18.2. The zero-order chi connectivity index (χ0) is 14.6. The minimum Gasteiger partial charge on any atom is -0.388 e. The second-order valence-corrected chi connectivity index (χ2v) is 5.53. The van der Waals surface area contributed by atoms with Gasteiger partial charge >= 0.3 is 0 Å². The van der Waals surface area contributed by atoms with Gasteiger partial charge in [-0.3, -0.25) is 4.79 Å². The van der Waals surface area contributed by atoms with Gasteiger partial charge in [0.15, 0.2) is 0 Å². The fourth-order valence-electron chi connectivity index (χ4n) is 2.73. The second kappa shape index (κ2) is 6.22. The van der Waals surface area contributed by atoms with Gasteiger partial charge < -0.3 is 15.3 Å². The number of hydrogen-bond acceptors (Lipinski definition) is 4. The van der Waals surface area contributed by atoms with Crippen molar-refractivity contribution in [1.29, 1.82) is 0 Å². The molecular formula is C15H23N3O2. The fraction of sp³-hybridized carbons (Fsp3) is 0.600. The maximum atomic E-state index is 12.4. The number of carbonyl (C=O) groups excluding carboxylic acids is 1. The molecule has 20 heavy (non-hydrogen) atoms. The maximum absolute atomic E-state index is 12.4. The molecule has 1 aromatic rings. The Morgan fingerprint density at radius 2 is 2.15 bits per heavy atom. The standard InChI is InChI=1S/C15H23N3O2/c1-3-16-13-8-6-7-12(17-13)14(19)18(2)11-15(20)9-4-5-10-15/h6-8,20H,3-5,9-11H2,1-2H3,(H,16,17). The van der Waals surface area contributed by atoms with Crippen molar-refractivity contribution >= 4 is 11.7 Å². The van der Waals surface area contributed by atoms with E-state index in [4.69, 9.17) is 0 Å². The summed E-state index contributed by atoms with van der Waals surface area (Å²) < 4.78 is 0. The first-order valence-electron chi connectivity index (χ1n) is 7.23. The Morgan fingerprint density at radius 3 is 2.80 bits per heavy atom. The van der Waals surface area contributed by atoms with E-state index in [1.165, 1.54) is 0 Å². The normalized spacial score (nSPS) is 16.9. The highest BCUT2D eigenvalue weighted by Crippen LogP contribution is 2.30. The highest BCUT2D eigenvalue weighted by Gasteiger charge is 2.33. The predicted molar refractivity (Wildman–Crippen MR) is 78.8 cm³/mol. The Balaban J connectivity index is 2.04. The van der Waals surface area contributed by atoms with Gasteiger partial charge in [-0.25, -0.2) is 4.98 Å². The van der Waals surface area contributed by atoms with Gasteiger partial charge in [-0.1, -0.05) is 18.9 Å². The number of hydrogen-bond donors (Lipinski definition) is 2. The quantitative estimate of drug-likeness (QED) is 0.862. The van der Waals surface area contributed by atoms with E-state index in [2.05, 4.69) is 10.3 Å². The van der Waals surface area contributed by atoms with Crippen LogP contribution in [0.25, 0.3) is 0 Å². The molecule has 1 aliphatic rings. The molecule has 0 radical (unpaired) electrons. The summed E-state index contributed by atoms with van der Waals surface area (Å²) in [5.74, 6) is 0.552. The molecule has 1 fully saturated rings. The molecule has 0 spiro atoms. The summed E-state index contributed by atoms with van der Waals surface area (Å²) in [5, 5.41) is 13.5. The Hall–Kier alpha value is -1.62. The fourth-order valence-corrected chi connectivity index (χ4v) is 2.73. The molecule has 0 atom stereocenters. The van der Waals surface area contributed by atoms with Crippen LogP contribution in [0, 0.1) is 0 Å². The lowest BCUT2D eigenvalue weighted by atomic mass is 10.0. The number of pyridine rings is 1. The van der Waals surface area contributed by atoms with Crippen molar-refractivity contribution in [2.45, 2.75) is 38.2 Å². The minimum absolute atomic E-state index is 0.148. The monoisotopic (exact) mass is 277 g/mol. The molecule has 1 aromatic heterocycles. The first-order chi connectivity index (χ1) is 9.54. The molecule has 5 nitrogen and oxygen atoms in total. The molecule has 2 N–H and O–H groups in total. The molecule has 5 heteroatoms. The van der Waals surface area contributed by atoms with Crippen molar-refractivity contribution in [2.75, 3.05) is 25.5 Å². The van der Waals surface area contributed by atoms with E-state index in [1.54, 1.807) is 18.0 Å². The summed E-state index contributed by atoms with van der Waals surface area (Å²) in [6.07, 6.45) is 3.62. The van der Waals surface area contributed by atoms with Gasteiger partial charge in [0.05, 0.1) is 5.60 Å². The van der Waals surface area contributed by atoms with E-state index in [9.17, 15) is 9.90 Å². The van der Waals surface area contributed by atoms with Gasteiger partial charge in [-0.15, -0.1) is 0 Å². The lowest BCUT2D eigenvalue weighted by Crippen LogP contribution is -2.42. The molecule has 0 saturated heterocycles. The zero-order valence-corrected chi connectivity index (χ0v) is 12.2. The van der Waals surface area contributed by atoms with Crippen LogP contribution in [0.5, 0.6) is 0 Å². The Kier molecular flexibility index (Phi) is 4.60. The average Bonchev–Trinajstić information content (AvgIpc) is 2.85. The highest BCUT2D eigenvalue weighted by molar-refractivity contribution is 5.92. The minimum atomic E-state index is -0.719. The van der Waals surface area contributed by atoms with Crippen LogP contribution >= 0.6 is 0 Å². The maximum Gasteiger partial charge on any atom is 0.272 e. The number of aromatic nitrogens is 1. The first kappa shape index (κ1) is 14.8. The van der Waals surface area contributed by atoms with Crippen LogP contribution in [0.3, 0.4) is 0 Å². The summed E-state index contributed by atoms with van der Waals surface area (Å²) in [6.45, 7) is 3.12. The van der Waals surface area contributed by atoms with Crippen molar-refractivity contribution in [3.63, 3.8) is 0 Å². The van der Waals surface area contributed by atoms with Gasteiger partial charge in [0.2, 0.25) is 0 Å². The van der Waals surface area contributed by atoms with E-state index in [0.717, 1.165) is 32.2 Å². The summed E-state index contributed by atoms with van der Waals surface area (Å²) in [7, 11) is 1.72. The molecule has 1 amide bonds. The van der Waals surface area contributed by atoms with Gasteiger partial charge in [0.25, 0.3) is 5.91 Å². The molecule has 0 bridgehead atoms. The lowest BCUT2D eigenvalue weighted by Gasteiger charge is -2.28. The molecule has 1 heterocycles. The van der Waals surface area contributed by atoms with Gasteiger partial charge in [-0.05, 0) is 31.9 Å². The van der Waals surface area contributed by atoms with Crippen molar-refractivity contribution < 1.29 is 9.90 Å². The number of nitrogens with one attached hydrogen (secondary N) is 1. The largest absolute Gasteiger partial charge is 0.388 e. The number of rotatable bonds is 5. The predicted octanol–water partition coefficient (Wildman–Crippen LogP) is 1.89. The molecule has 1 aliphatic carbocycles. The van der Waals surface area contributed by atoms with Crippen molar-refractivity contribution in [1.82, 2.24) is 9.88 Å². The van der Waals surface area contributed by atoms with Crippen molar-refractivity contribution in [2.24, 2.45) is 0 Å². The summed E-state index contributed by atoms with van der Waals surface area (Å²) >= 11 is 0. The number of carbonyl (C=O) groups is 1. The van der Waals surface area contributed by atoms with Crippen LogP contribution in [-0.2, 0) is 0 Å². The number of anilines is 1. The van der Waals surface area contributed by atoms with Gasteiger partial charge in [0.1, 0.15) is 11.5 Å². The van der Waals surface area contributed by atoms with E-state index in [1.807, 2.05) is 19.1 Å². The SMILES string of the molecule is CCNc1cccc(C(=O)N(C)CC2(O)CCCC2)n1. The van der Waals surface area contributed by atoms with Crippen LogP contribution in [-0.4, -0.2) is 46.6 Å². The van der Waals surface area contributed by atoms with Crippen LogP contribution in [0.2, 0.25) is 0 Å². The second-order valence-electron chi connectivity index (χ2n) is 5.53. The molecule has 2 rings (SSSR count). The van der Waals surface area contributed by atoms with Crippen LogP contribution in [0.1, 0.15) is 43.1 Å². The number of aliphatic hydroxyl groups is 1. The van der Waals surface area contributed by atoms with E-state index < -0.39 is 5.60 Å². The van der Waals surface area contributed by atoms with Crippen LogP contribution < -0.4 is 5.32 Å². The Labute approximate surface area is 120 Å². The molecular weight excluding hydrogens is 254 g/mol. The van der Waals surface area contributed by atoms with Gasteiger partial charge in [-0.2, -0.15) is 0 Å². The molecule has 0 aromatic carbocycles. The number of amides is 1. The Bertz CT molecular complexity index is 470. The van der Waals surface area contributed by atoms with Crippen molar-refractivity contribution in [3.8, 4) is 0 Å². The van der Waals surface area contributed by atoms with Gasteiger partial charge in [0, 0.05) is 20.1 Å². The summed E-state index contributed by atoms with van der Waals surface area (Å²) in [6, 6.07) is 5.36. The molecule has 1 saturated carbocycles. The molecule has 110 valence electrons. The van der Waals surface area contributed by atoms with Crippen LogP contribution in [0.4, 0.5) is 5.82 Å². The third-order valence-electron chi connectivity index (χ3n) is 3.74. The van der Waals surface area contributed by atoms with Crippen LogP contribution in [0.15, 0.2) is 18.2 Å². The Morgan fingerprint density at radius 1 is 1.45 bits per heavy atom. The number of nitrogens with zero attached hydrogens (tertiary/aromatic N) is 2. The first-order valence-corrected chi connectivity index (χ1v) is 7.23. The lowest BCUT2D eigenvalue weighted by molar-refractivity contribution is 0.0155. The van der Waals surface area contributed by atoms with E-state index in [0.29, 0.717) is 18.1 Å². The third-order valence-corrected chi connectivity index (χ3v) is 3.74. The average molecular weight is 277 g/mol. The topological polar surface area (TPSA) is 65.5 Å².